The van der Waals surface area contributed by atoms with Gasteiger partial charge < -0.3 is 15.3 Å². The molecule has 5 nitrogen and oxygen atoms in total. The van der Waals surface area contributed by atoms with Gasteiger partial charge in [0.25, 0.3) is 0 Å². The normalized spacial score (nSPS) is 19.1. The van der Waals surface area contributed by atoms with E-state index in [4.69, 9.17) is 0 Å². The van der Waals surface area contributed by atoms with Crippen molar-refractivity contribution >= 4 is 27.4 Å². The molecule has 1 unspecified atom stereocenters. The van der Waals surface area contributed by atoms with Crippen LogP contribution in [0.5, 0.6) is 0 Å². The van der Waals surface area contributed by atoms with Crippen LogP contribution in [0.3, 0.4) is 0 Å². The summed E-state index contributed by atoms with van der Waals surface area (Å²) < 4.78 is 1.11. The van der Waals surface area contributed by atoms with Gasteiger partial charge in [0.1, 0.15) is 12.1 Å². The minimum absolute atomic E-state index is 0.142. The van der Waals surface area contributed by atoms with Gasteiger partial charge in [-0.15, -0.1) is 11.3 Å². The Balaban J connectivity index is 1.87. The van der Waals surface area contributed by atoms with Gasteiger partial charge >= 0.3 is 0 Å². The maximum absolute atomic E-state index is 9.29. The second-order valence-electron chi connectivity index (χ2n) is 4.80. The average molecular weight is 278 g/mol. The molecule has 2 aromatic heterocycles. The van der Waals surface area contributed by atoms with Crippen LogP contribution in [0.25, 0.3) is 10.2 Å². The van der Waals surface area contributed by atoms with E-state index in [2.05, 4.69) is 20.2 Å². The van der Waals surface area contributed by atoms with Crippen molar-refractivity contribution in [2.45, 2.75) is 18.9 Å². The molecular weight excluding hydrogens is 260 g/mol. The highest BCUT2D eigenvalue weighted by molar-refractivity contribution is 7.17. The number of thiophene rings is 1. The number of nitrogens with zero attached hydrogens (tertiary/aromatic N) is 3. The van der Waals surface area contributed by atoms with Crippen LogP contribution < -0.4 is 10.2 Å². The van der Waals surface area contributed by atoms with E-state index in [1.54, 1.807) is 17.7 Å². The van der Waals surface area contributed by atoms with Crippen LogP contribution in [0.4, 0.5) is 5.82 Å². The first-order valence-electron chi connectivity index (χ1n) is 6.66. The standard InChI is InChI=1S/C13H18N4OS/c18-6-5-17(8-10-2-1-4-14-10)13-12-11(3-7-19-12)15-9-16-13/h3,7,9-10,14,18H,1-2,4-6,8H2. The summed E-state index contributed by atoms with van der Waals surface area (Å²) in [4.78, 5) is 10.9. The van der Waals surface area contributed by atoms with Crippen molar-refractivity contribution in [1.82, 2.24) is 15.3 Å². The number of anilines is 1. The Morgan fingerprint density at radius 2 is 2.42 bits per heavy atom. The van der Waals surface area contributed by atoms with Gasteiger partial charge in [0.15, 0.2) is 0 Å². The maximum atomic E-state index is 9.29. The summed E-state index contributed by atoms with van der Waals surface area (Å²) in [7, 11) is 0. The van der Waals surface area contributed by atoms with Crippen molar-refractivity contribution in [2.24, 2.45) is 0 Å². The molecule has 1 saturated heterocycles. The van der Waals surface area contributed by atoms with E-state index in [9.17, 15) is 5.11 Å². The molecule has 1 atom stereocenters. The molecule has 1 fully saturated rings. The zero-order valence-electron chi connectivity index (χ0n) is 10.7. The summed E-state index contributed by atoms with van der Waals surface area (Å²) in [6.45, 7) is 2.74. The molecule has 19 heavy (non-hydrogen) atoms. The Morgan fingerprint density at radius 3 is 3.21 bits per heavy atom. The Bertz CT molecular complexity index is 538. The SMILES string of the molecule is OCCN(CC1CCCN1)c1ncnc2ccsc12. The fourth-order valence-electron chi connectivity index (χ4n) is 2.58. The lowest BCUT2D eigenvalue weighted by Crippen LogP contribution is -2.39. The van der Waals surface area contributed by atoms with E-state index in [1.807, 2.05) is 11.4 Å². The quantitative estimate of drug-likeness (QED) is 0.862. The first-order valence-corrected chi connectivity index (χ1v) is 7.54. The molecule has 0 amide bonds. The molecule has 2 N–H and O–H groups in total. The molecule has 2 aromatic rings. The summed E-state index contributed by atoms with van der Waals surface area (Å²) in [5.41, 5.74) is 0.984. The van der Waals surface area contributed by atoms with E-state index in [1.165, 1.54) is 12.8 Å². The molecule has 0 radical (unpaired) electrons. The second-order valence-corrected chi connectivity index (χ2v) is 5.71. The summed E-state index contributed by atoms with van der Waals surface area (Å²) in [6, 6.07) is 2.51. The van der Waals surface area contributed by atoms with E-state index in [0.29, 0.717) is 12.6 Å². The van der Waals surface area contributed by atoms with Crippen LogP contribution in [0.15, 0.2) is 17.8 Å². The van der Waals surface area contributed by atoms with Crippen LogP contribution in [0, 0.1) is 0 Å². The molecule has 0 bridgehead atoms. The fourth-order valence-corrected chi connectivity index (χ4v) is 3.45. The predicted octanol–water partition coefficient (Wildman–Crippen LogP) is 1.24. The number of hydrogen-bond acceptors (Lipinski definition) is 6. The highest BCUT2D eigenvalue weighted by Gasteiger charge is 2.20. The Kier molecular flexibility index (Phi) is 3.91. The topological polar surface area (TPSA) is 61.3 Å². The Morgan fingerprint density at radius 1 is 1.47 bits per heavy atom. The predicted molar refractivity (Wildman–Crippen MR) is 77.7 cm³/mol. The monoisotopic (exact) mass is 278 g/mol. The first kappa shape index (κ1) is 12.8. The van der Waals surface area contributed by atoms with Gasteiger partial charge in [-0.05, 0) is 30.8 Å². The van der Waals surface area contributed by atoms with E-state index in [-0.39, 0.29) is 6.61 Å². The van der Waals surface area contributed by atoms with Gasteiger partial charge in [-0.3, -0.25) is 0 Å². The molecule has 0 saturated carbocycles. The van der Waals surface area contributed by atoms with Crippen LogP contribution in [0.2, 0.25) is 0 Å². The van der Waals surface area contributed by atoms with E-state index < -0.39 is 0 Å². The zero-order valence-corrected chi connectivity index (χ0v) is 11.6. The molecule has 0 spiro atoms. The smallest absolute Gasteiger partial charge is 0.150 e. The van der Waals surface area contributed by atoms with Crippen LogP contribution >= 0.6 is 11.3 Å². The van der Waals surface area contributed by atoms with Crippen LogP contribution in [-0.2, 0) is 0 Å². The highest BCUT2D eigenvalue weighted by atomic mass is 32.1. The molecule has 102 valence electrons. The van der Waals surface area contributed by atoms with Gasteiger partial charge in [-0.2, -0.15) is 0 Å². The van der Waals surface area contributed by atoms with Gasteiger partial charge in [0.2, 0.25) is 0 Å². The van der Waals surface area contributed by atoms with Crippen molar-refractivity contribution in [2.75, 3.05) is 31.1 Å². The minimum atomic E-state index is 0.142. The average Bonchev–Trinajstić information content (AvgIpc) is 3.08. The van der Waals surface area contributed by atoms with Crippen LogP contribution in [-0.4, -0.2) is 47.4 Å². The third-order valence-corrected chi connectivity index (χ3v) is 4.40. The summed E-state index contributed by atoms with van der Waals surface area (Å²) >= 11 is 1.66. The number of rotatable bonds is 5. The van der Waals surface area contributed by atoms with E-state index >= 15 is 0 Å². The molecule has 1 aliphatic rings. The van der Waals surface area contributed by atoms with Crippen LogP contribution in [0.1, 0.15) is 12.8 Å². The van der Waals surface area contributed by atoms with Crippen molar-refractivity contribution in [1.29, 1.82) is 0 Å². The molecule has 6 heteroatoms. The first-order chi connectivity index (χ1) is 9.38. The third kappa shape index (κ3) is 2.70. The number of fused-ring (bicyclic) bond motifs is 1. The highest BCUT2D eigenvalue weighted by Crippen LogP contribution is 2.28. The molecule has 1 aliphatic heterocycles. The molecule has 3 heterocycles. The minimum Gasteiger partial charge on any atom is -0.395 e. The number of hydrogen-bond donors (Lipinski definition) is 2. The third-order valence-electron chi connectivity index (χ3n) is 3.50. The van der Waals surface area contributed by atoms with Gasteiger partial charge in [0, 0.05) is 19.1 Å². The van der Waals surface area contributed by atoms with Crippen molar-refractivity contribution in [3.8, 4) is 0 Å². The number of aromatic nitrogens is 2. The number of nitrogens with one attached hydrogen (secondary N) is 1. The van der Waals surface area contributed by atoms with Crippen molar-refractivity contribution in [3.63, 3.8) is 0 Å². The molecule has 0 aromatic carbocycles. The summed E-state index contributed by atoms with van der Waals surface area (Å²) in [5, 5.41) is 14.8. The lowest BCUT2D eigenvalue weighted by Gasteiger charge is -2.26. The van der Waals surface area contributed by atoms with Gasteiger partial charge in [-0.1, -0.05) is 0 Å². The molecule has 0 aliphatic carbocycles. The Hall–Kier alpha value is -1.24. The molecular formula is C13H18N4OS. The Labute approximate surface area is 116 Å². The van der Waals surface area contributed by atoms with Crippen molar-refractivity contribution < 1.29 is 5.11 Å². The van der Waals surface area contributed by atoms with Crippen molar-refractivity contribution in [3.05, 3.63) is 17.8 Å². The second kappa shape index (κ2) is 5.81. The molecule has 3 rings (SSSR count). The maximum Gasteiger partial charge on any atom is 0.150 e. The lowest BCUT2D eigenvalue weighted by molar-refractivity contribution is 0.300. The lowest BCUT2D eigenvalue weighted by atomic mass is 10.2. The number of aliphatic hydroxyl groups excluding tert-OH is 1. The number of aliphatic hydroxyl groups is 1. The largest absolute Gasteiger partial charge is 0.395 e. The summed E-state index contributed by atoms with van der Waals surface area (Å²) in [5.74, 6) is 0.947. The van der Waals surface area contributed by atoms with Gasteiger partial charge in [0.05, 0.1) is 16.8 Å². The van der Waals surface area contributed by atoms with Gasteiger partial charge in [-0.25, -0.2) is 9.97 Å². The summed E-state index contributed by atoms with van der Waals surface area (Å²) in [6.07, 6.45) is 4.03. The van der Waals surface area contributed by atoms with E-state index in [0.717, 1.165) is 29.1 Å². The fraction of sp³-hybridized carbons (Fsp3) is 0.538. The zero-order chi connectivity index (χ0) is 13.1.